The molecule has 0 saturated carbocycles. The van der Waals surface area contributed by atoms with Crippen molar-refractivity contribution in [1.82, 2.24) is 5.32 Å². The van der Waals surface area contributed by atoms with E-state index in [0.717, 1.165) is 16.7 Å². The molecule has 2 amide bonds. The van der Waals surface area contributed by atoms with Crippen LogP contribution in [0, 0.1) is 13.8 Å². The maximum Gasteiger partial charge on any atom is 0.259 e. The molecule has 4 aromatic rings. The number of rotatable bonds is 7. The van der Waals surface area contributed by atoms with Gasteiger partial charge < -0.3 is 24.3 Å². The number of carbonyl (C=O) groups is 2. The highest BCUT2D eigenvalue weighted by Crippen LogP contribution is 2.36. The van der Waals surface area contributed by atoms with Gasteiger partial charge in [-0.15, -0.1) is 0 Å². The zero-order chi connectivity index (χ0) is 28.3. The lowest BCUT2D eigenvalue weighted by Gasteiger charge is -2.33. The Kier molecular flexibility index (Phi) is 7.20. The monoisotopic (exact) mass is 550 g/mol. The number of para-hydroxylation sites is 1. The molecule has 0 radical (unpaired) electrons. The fourth-order valence-electron chi connectivity index (χ4n) is 5.02. The molecule has 2 aliphatic heterocycles. The largest absolute Gasteiger partial charge is 0.486 e. The quantitative estimate of drug-likeness (QED) is 0.327. The second-order valence-electron chi connectivity index (χ2n) is 10.0. The third-order valence-corrected chi connectivity index (χ3v) is 7.19. The van der Waals surface area contributed by atoms with E-state index in [9.17, 15) is 9.59 Å². The smallest absolute Gasteiger partial charge is 0.259 e. The number of hydrogen-bond acceptors (Lipinski definition) is 6. The van der Waals surface area contributed by atoms with Crippen LogP contribution in [0.15, 0.2) is 84.9 Å². The maximum atomic E-state index is 14.4. The van der Waals surface area contributed by atoms with E-state index in [0.29, 0.717) is 53.0 Å². The molecule has 0 fully saturated rings. The van der Waals surface area contributed by atoms with E-state index in [-0.39, 0.29) is 25.2 Å². The summed E-state index contributed by atoms with van der Waals surface area (Å²) in [6.07, 6.45) is 0. The number of carbonyl (C=O) groups excluding carboxylic acids is 2. The van der Waals surface area contributed by atoms with Crippen molar-refractivity contribution in [3.63, 3.8) is 0 Å². The average molecular weight is 551 g/mol. The van der Waals surface area contributed by atoms with Gasteiger partial charge in [0.1, 0.15) is 19.3 Å². The van der Waals surface area contributed by atoms with Crippen molar-refractivity contribution >= 4 is 17.5 Å². The average Bonchev–Trinajstić information content (AvgIpc) is 3.47. The minimum absolute atomic E-state index is 0.175. The first-order valence-electron chi connectivity index (χ1n) is 13.5. The van der Waals surface area contributed by atoms with Crippen molar-refractivity contribution in [2.75, 3.05) is 24.9 Å². The van der Waals surface area contributed by atoms with Gasteiger partial charge in [0.25, 0.3) is 5.91 Å². The fourth-order valence-corrected chi connectivity index (χ4v) is 5.02. The van der Waals surface area contributed by atoms with Gasteiger partial charge in [0.2, 0.25) is 12.7 Å². The van der Waals surface area contributed by atoms with Crippen molar-refractivity contribution in [3.8, 4) is 23.0 Å². The lowest BCUT2D eigenvalue weighted by Crippen LogP contribution is -2.44. The molecule has 0 bridgehead atoms. The molecule has 2 heterocycles. The van der Waals surface area contributed by atoms with E-state index in [1.807, 2.05) is 80.6 Å². The molecule has 2 aliphatic rings. The summed E-state index contributed by atoms with van der Waals surface area (Å²) in [5, 5.41) is 3.06. The van der Waals surface area contributed by atoms with Gasteiger partial charge in [0.05, 0.1) is 0 Å². The number of amides is 2. The summed E-state index contributed by atoms with van der Waals surface area (Å²) in [5.74, 6) is 1.76. The predicted octanol–water partition coefficient (Wildman–Crippen LogP) is 5.51. The van der Waals surface area contributed by atoms with Crippen LogP contribution >= 0.6 is 0 Å². The minimum Gasteiger partial charge on any atom is -0.486 e. The van der Waals surface area contributed by atoms with Crippen LogP contribution in [-0.4, -0.2) is 31.8 Å². The highest BCUT2D eigenvalue weighted by Gasteiger charge is 2.34. The van der Waals surface area contributed by atoms with Crippen LogP contribution in [-0.2, 0) is 11.3 Å². The van der Waals surface area contributed by atoms with E-state index in [1.54, 1.807) is 23.1 Å². The summed E-state index contributed by atoms with van der Waals surface area (Å²) in [6, 6.07) is 25.0. The number of aryl methyl sites for hydroxylation is 2. The number of nitrogens with one attached hydrogen (secondary N) is 1. The molecule has 4 aromatic carbocycles. The summed E-state index contributed by atoms with van der Waals surface area (Å²) < 4.78 is 22.3. The third-order valence-electron chi connectivity index (χ3n) is 7.19. The third kappa shape index (κ3) is 5.41. The van der Waals surface area contributed by atoms with Gasteiger partial charge in [0.15, 0.2) is 23.0 Å². The van der Waals surface area contributed by atoms with E-state index in [1.165, 1.54) is 0 Å². The number of ether oxygens (including phenoxy) is 4. The van der Waals surface area contributed by atoms with Gasteiger partial charge in [-0.3, -0.25) is 14.5 Å². The Labute approximate surface area is 238 Å². The van der Waals surface area contributed by atoms with Crippen LogP contribution in [0.25, 0.3) is 0 Å². The molecule has 0 aromatic heterocycles. The van der Waals surface area contributed by atoms with Gasteiger partial charge in [-0.25, -0.2) is 0 Å². The summed E-state index contributed by atoms with van der Waals surface area (Å²) in [6.45, 7) is 5.19. The first-order valence-corrected chi connectivity index (χ1v) is 13.5. The van der Waals surface area contributed by atoms with Crippen LogP contribution in [0.2, 0.25) is 0 Å². The molecule has 8 nitrogen and oxygen atoms in total. The van der Waals surface area contributed by atoms with Gasteiger partial charge >= 0.3 is 0 Å². The maximum absolute atomic E-state index is 14.4. The van der Waals surface area contributed by atoms with Crippen molar-refractivity contribution in [3.05, 3.63) is 113 Å². The summed E-state index contributed by atoms with van der Waals surface area (Å²) in [5.41, 5.74) is 4.47. The predicted molar refractivity (Wildman–Crippen MR) is 154 cm³/mol. The molecule has 1 atom stereocenters. The first kappa shape index (κ1) is 26.3. The topological polar surface area (TPSA) is 86.3 Å². The lowest BCUT2D eigenvalue weighted by molar-refractivity contribution is -0.122. The highest BCUT2D eigenvalue weighted by molar-refractivity contribution is 6.10. The normalized spacial score (nSPS) is 13.8. The zero-order valence-electron chi connectivity index (χ0n) is 22.9. The summed E-state index contributed by atoms with van der Waals surface area (Å²) in [4.78, 5) is 30.1. The van der Waals surface area contributed by atoms with Gasteiger partial charge in [-0.05, 0) is 66.9 Å². The Bertz CT molecular complexity index is 1600. The van der Waals surface area contributed by atoms with E-state index in [2.05, 4.69) is 5.32 Å². The Morgan fingerprint density at radius 1 is 0.780 bits per heavy atom. The molecule has 8 heteroatoms. The molecule has 208 valence electrons. The Morgan fingerprint density at radius 2 is 1.46 bits per heavy atom. The van der Waals surface area contributed by atoms with Crippen molar-refractivity contribution < 1.29 is 28.5 Å². The molecular formula is C33H30N2O6. The highest BCUT2D eigenvalue weighted by atomic mass is 16.7. The second kappa shape index (κ2) is 11.3. The molecule has 1 N–H and O–H groups in total. The Hall–Kier alpha value is -4.98. The summed E-state index contributed by atoms with van der Waals surface area (Å²) in [7, 11) is 0. The first-order chi connectivity index (χ1) is 20.0. The number of nitrogens with zero attached hydrogens (tertiary/aromatic N) is 1. The number of fused-ring (bicyclic) bond motifs is 2. The van der Waals surface area contributed by atoms with Crippen molar-refractivity contribution in [1.29, 1.82) is 0 Å². The van der Waals surface area contributed by atoms with Gasteiger partial charge in [0, 0.05) is 17.8 Å². The van der Waals surface area contributed by atoms with E-state index >= 15 is 0 Å². The zero-order valence-corrected chi connectivity index (χ0v) is 22.9. The molecular weight excluding hydrogens is 520 g/mol. The van der Waals surface area contributed by atoms with E-state index < -0.39 is 6.04 Å². The Balaban J connectivity index is 1.39. The molecule has 6 rings (SSSR count). The number of hydrogen-bond donors (Lipinski definition) is 1. The van der Waals surface area contributed by atoms with Crippen LogP contribution in [0.4, 0.5) is 5.69 Å². The van der Waals surface area contributed by atoms with Crippen LogP contribution in [0.5, 0.6) is 23.0 Å². The molecule has 0 aliphatic carbocycles. The SMILES string of the molecule is Cc1ccc([C@H](C(=O)NCc2ccc3c(c2)OCO3)N(C(=O)c2ccc3c(c2)OCCO3)c2ccccc2C)cc1. The van der Waals surface area contributed by atoms with E-state index in [4.69, 9.17) is 18.9 Å². The molecule has 0 spiro atoms. The van der Waals surface area contributed by atoms with Crippen LogP contribution < -0.4 is 29.2 Å². The Morgan fingerprint density at radius 3 is 2.27 bits per heavy atom. The molecule has 0 unspecified atom stereocenters. The molecule has 41 heavy (non-hydrogen) atoms. The van der Waals surface area contributed by atoms with Gasteiger partial charge in [-0.1, -0.05) is 54.1 Å². The minimum atomic E-state index is -0.952. The number of benzene rings is 4. The summed E-state index contributed by atoms with van der Waals surface area (Å²) >= 11 is 0. The number of anilines is 1. The second-order valence-corrected chi connectivity index (χ2v) is 10.0. The standard InChI is InChI=1S/C33H30N2O6/c1-21-7-10-24(11-8-21)31(32(36)34-19-23-9-13-28-29(17-23)41-20-40-28)35(26-6-4-3-5-22(26)2)33(37)25-12-14-27-30(18-25)39-16-15-38-27/h3-14,17-18,31H,15-16,19-20H2,1-2H3,(H,34,36)/t31-/m1/s1. The van der Waals surface area contributed by atoms with Gasteiger partial charge in [-0.2, -0.15) is 0 Å². The molecule has 0 saturated heterocycles. The fraction of sp³-hybridized carbons (Fsp3) is 0.212. The van der Waals surface area contributed by atoms with Crippen molar-refractivity contribution in [2.45, 2.75) is 26.4 Å². The van der Waals surface area contributed by atoms with Crippen LogP contribution in [0.3, 0.4) is 0 Å². The lowest BCUT2D eigenvalue weighted by atomic mass is 9.99. The van der Waals surface area contributed by atoms with Crippen molar-refractivity contribution in [2.24, 2.45) is 0 Å². The van der Waals surface area contributed by atoms with Crippen LogP contribution in [0.1, 0.15) is 38.7 Å².